The Hall–Kier alpha value is -3.19. The van der Waals surface area contributed by atoms with Gasteiger partial charge in [0, 0.05) is 31.9 Å². The Balaban J connectivity index is 2.16. The number of alkyl carbamates (subject to hydrolysis) is 1. The van der Waals surface area contributed by atoms with Gasteiger partial charge in [-0.15, -0.1) is 0 Å². The third-order valence-electron chi connectivity index (χ3n) is 5.88. The highest BCUT2D eigenvalue weighted by molar-refractivity contribution is 5.95. The number of guanidine groups is 1. The number of carbonyl (C=O) groups is 2. The summed E-state index contributed by atoms with van der Waals surface area (Å²) in [5.74, 6) is 0.0824. The normalized spacial score (nSPS) is 16.2. The summed E-state index contributed by atoms with van der Waals surface area (Å²) in [5, 5.41) is 14.2. The number of carbonyl (C=O) groups excluding carboxylic acids is 2. The maximum absolute atomic E-state index is 12.8. The standard InChI is InChI=1S/C24H36N6O4/c1-18(24(2,3)4)17-20(21(31)27-11-8-25)28-22(30-12-15-33-16-13-30)29-23(32)34-14-7-19-5-9-26-10-6-19/h5-6,9-10,18,20H,7,11-17H2,1-4H3,(H,27,31)(H,28,29,32)/t18?,20-/m0/s1. The Morgan fingerprint density at radius 2 is 1.97 bits per heavy atom. The van der Waals surface area contributed by atoms with Gasteiger partial charge >= 0.3 is 6.09 Å². The third-order valence-corrected chi connectivity index (χ3v) is 5.88. The summed E-state index contributed by atoms with van der Waals surface area (Å²) in [5.41, 5.74) is 0.970. The van der Waals surface area contributed by atoms with E-state index in [1.807, 2.05) is 23.1 Å². The van der Waals surface area contributed by atoms with Crippen LogP contribution in [0, 0.1) is 22.7 Å². The molecule has 1 aliphatic rings. The van der Waals surface area contributed by atoms with Gasteiger partial charge in [-0.25, -0.2) is 9.79 Å². The Kier molecular flexibility index (Phi) is 10.7. The summed E-state index contributed by atoms with van der Waals surface area (Å²) in [7, 11) is 0. The van der Waals surface area contributed by atoms with Gasteiger partial charge < -0.3 is 19.7 Å². The second-order valence-corrected chi connectivity index (χ2v) is 9.31. The maximum Gasteiger partial charge on any atom is 0.413 e. The maximum atomic E-state index is 12.8. The molecule has 1 saturated heterocycles. The molecule has 2 amide bonds. The Morgan fingerprint density at radius 1 is 1.29 bits per heavy atom. The van der Waals surface area contributed by atoms with Crippen molar-refractivity contribution >= 4 is 18.0 Å². The van der Waals surface area contributed by atoms with E-state index >= 15 is 0 Å². The van der Waals surface area contributed by atoms with Crippen LogP contribution < -0.4 is 10.6 Å². The largest absolute Gasteiger partial charge is 0.449 e. The molecule has 0 bridgehead atoms. The number of ether oxygens (including phenoxy) is 2. The molecule has 2 rings (SSSR count). The van der Waals surface area contributed by atoms with Gasteiger partial charge in [-0.05, 0) is 35.4 Å². The number of aliphatic imine (C=N–C) groups is 1. The molecular weight excluding hydrogens is 436 g/mol. The van der Waals surface area contributed by atoms with Crippen molar-refractivity contribution < 1.29 is 19.1 Å². The molecule has 2 heterocycles. The van der Waals surface area contributed by atoms with Crippen molar-refractivity contribution in [2.75, 3.05) is 39.5 Å². The number of nitriles is 1. The number of morpholine rings is 1. The van der Waals surface area contributed by atoms with E-state index in [0.29, 0.717) is 39.1 Å². The van der Waals surface area contributed by atoms with Crippen LogP contribution in [0.25, 0.3) is 0 Å². The average molecular weight is 473 g/mol. The van der Waals surface area contributed by atoms with Gasteiger partial charge in [-0.1, -0.05) is 27.7 Å². The Morgan fingerprint density at radius 3 is 2.59 bits per heavy atom. The van der Waals surface area contributed by atoms with Crippen LogP contribution in [0.3, 0.4) is 0 Å². The van der Waals surface area contributed by atoms with E-state index in [9.17, 15) is 9.59 Å². The molecule has 0 spiro atoms. The zero-order valence-corrected chi connectivity index (χ0v) is 20.5. The molecule has 10 nitrogen and oxygen atoms in total. The highest BCUT2D eigenvalue weighted by Gasteiger charge is 2.29. The molecule has 186 valence electrons. The van der Waals surface area contributed by atoms with Crippen LogP contribution in [0.2, 0.25) is 0 Å². The van der Waals surface area contributed by atoms with Crippen molar-refractivity contribution in [2.45, 2.75) is 46.6 Å². The van der Waals surface area contributed by atoms with Gasteiger partial charge in [0.1, 0.15) is 12.6 Å². The molecule has 0 aromatic carbocycles. The topological polar surface area (TPSA) is 129 Å². The van der Waals surface area contributed by atoms with Crippen molar-refractivity contribution in [1.29, 1.82) is 5.26 Å². The molecular formula is C24H36N6O4. The first-order chi connectivity index (χ1) is 16.2. The summed E-state index contributed by atoms with van der Waals surface area (Å²) in [6.45, 7) is 10.5. The molecule has 1 aromatic heterocycles. The van der Waals surface area contributed by atoms with Crippen LogP contribution in [-0.2, 0) is 20.7 Å². The molecule has 2 N–H and O–H groups in total. The molecule has 0 saturated carbocycles. The number of nitrogens with one attached hydrogen (secondary N) is 2. The summed E-state index contributed by atoms with van der Waals surface area (Å²) in [4.78, 5) is 35.9. The van der Waals surface area contributed by atoms with Crippen molar-refractivity contribution in [3.63, 3.8) is 0 Å². The van der Waals surface area contributed by atoms with Crippen LogP contribution in [-0.4, -0.2) is 73.3 Å². The van der Waals surface area contributed by atoms with Gasteiger partial charge in [-0.3, -0.25) is 15.1 Å². The van der Waals surface area contributed by atoms with E-state index in [1.165, 1.54) is 0 Å². The minimum absolute atomic E-state index is 0.0400. The number of aromatic nitrogens is 1. The van der Waals surface area contributed by atoms with Crippen LogP contribution in [0.5, 0.6) is 0 Å². The molecule has 0 aliphatic carbocycles. The molecule has 1 aromatic rings. The van der Waals surface area contributed by atoms with E-state index in [-0.39, 0.29) is 36.4 Å². The van der Waals surface area contributed by atoms with Gasteiger partial charge in [0.25, 0.3) is 0 Å². The fraction of sp³-hybridized carbons (Fsp3) is 0.625. The Bertz CT molecular complexity index is 856. The average Bonchev–Trinajstić information content (AvgIpc) is 2.82. The number of hydrogen-bond acceptors (Lipinski definition) is 7. The first kappa shape index (κ1) is 27.1. The van der Waals surface area contributed by atoms with Crippen molar-refractivity contribution in [3.05, 3.63) is 30.1 Å². The lowest BCUT2D eigenvalue weighted by Crippen LogP contribution is -2.50. The molecule has 1 unspecified atom stereocenters. The zero-order valence-electron chi connectivity index (χ0n) is 20.5. The molecule has 1 fully saturated rings. The van der Waals surface area contributed by atoms with Crippen LogP contribution in [0.4, 0.5) is 4.79 Å². The highest BCUT2D eigenvalue weighted by Crippen LogP contribution is 2.30. The van der Waals surface area contributed by atoms with Gasteiger partial charge in [0.05, 0.1) is 25.9 Å². The van der Waals surface area contributed by atoms with Gasteiger partial charge in [0.2, 0.25) is 11.9 Å². The number of rotatable bonds is 8. The fourth-order valence-electron chi connectivity index (χ4n) is 3.21. The van der Waals surface area contributed by atoms with Gasteiger partial charge in [0.15, 0.2) is 0 Å². The molecule has 34 heavy (non-hydrogen) atoms. The highest BCUT2D eigenvalue weighted by atomic mass is 16.5. The van der Waals surface area contributed by atoms with Gasteiger partial charge in [-0.2, -0.15) is 5.26 Å². The quantitative estimate of drug-likeness (QED) is 0.337. The molecule has 10 heteroatoms. The number of nitrogens with zero attached hydrogens (tertiary/aromatic N) is 4. The zero-order chi connectivity index (χ0) is 25.0. The molecule has 0 radical (unpaired) electrons. The number of amides is 2. The van der Waals surface area contributed by atoms with Crippen molar-refractivity contribution in [1.82, 2.24) is 20.5 Å². The van der Waals surface area contributed by atoms with E-state index in [2.05, 4.69) is 48.3 Å². The minimum atomic E-state index is -0.766. The summed E-state index contributed by atoms with van der Waals surface area (Å²) in [6, 6.07) is 4.88. The van der Waals surface area contributed by atoms with E-state index in [1.54, 1.807) is 12.4 Å². The smallest absolute Gasteiger partial charge is 0.413 e. The van der Waals surface area contributed by atoms with Crippen molar-refractivity contribution in [3.8, 4) is 6.07 Å². The number of hydrogen-bond donors (Lipinski definition) is 2. The van der Waals surface area contributed by atoms with E-state index < -0.39 is 12.1 Å². The molecule has 1 aliphatic heterocycles. The second-order valence-electron chi connectivity index (χ2n) is 9.31. The first-order valence-electron chi connectivity index (χ1n) is 11.6. The minimum Gasteiger partial charge on any atom is -0.449 e. The summed E-state index contributed by atoms with van der Waals surface area (Å²) in [6.07, 6.45) is 3.76. The Labute approximate surface area is 201 Å². The monoisotopic (exact) mass is 472 g/mol. The third kappa shape index (κ3) is 9.35. The summed E-state index contributed by atoms with van der Waals surface area (Å²) < 4.78 is 10.8. The predicted octanol–water partition coefficient (Wildman–Crippen LogP) is 2.12. The molecule has 2 atom stereocenters. The van der Waals surface area contributed by atoms with Crippen molar-refractivity contribution in [2.24, 2.45) is 16.3 Å². The fourth-order valence-corrected chi connectivity index (χ4v) is 3.21. The van der Waals surface area contributed by atoms with E-state index in [0.717, 1.165) is 5.56 Å². The number of pyridine rings is 1. The van der Waals surface area contributed by atoms with Crippen LogP contribution >= 0.6 is 0 Å². The SMILES string of the molecule is CC(C[C@H](N=C(NC(=O)OCCc1ccncc1)N1CCOCC1)C(=O)NCC#N)C(C)(C)C. The van der Waals surface area contributed by atoms with E-state index in [4.69, 9.17) is 14.7 Å². The lowest BCUT2D eigenvalue weighted by Gasteiger charge is -2.32. The first-order valence-corrected chi connectivity index (χ1v) is 11.6. The second kappa shape index (κ2) is 13.5. The van der Waals surface area contributed by atoms with Crippen LogP contribution in [0.15, 0.2) is 29.5 Å². The van der Waals surface area contributed by atoms with Crippen LogP contribution in [0.1, 0.15) is 39.7 Å². The lowest BCUT2D eigenvalue weighted by atomic mass is 9.78. The lowest BCUT2D eigenvalue weighted by molar-refractivity contribution is -0.122. The predicted molar refractivity (Wildman–Crippen MR) is 128 cm³/mol. The summed E-state index contributed by atoms with van der Waals surface area (Å²) >= 11 is 0.